The first-order chi connectivity index (χ1) is 5.59. The molecule has 4 nitrogen and oxygen atoms in total. The molecular weight excluding hydrogens is 176 g/mol. The van der Waals surface area contributed by atoms with Crippen molar-refractivity contribution in [2.75, 3.05) is 0 Å². The van der Waals surface area contributed by atoms with Crippen molar-refractivity contribution in [1.82, 2.24) is 4.57 Å². The van der Waals surface area contributed by atoms with Crippen LogP contribution in [0.4, 0.5) is 0 Å². The van der Waals surface area contributed by atoms with Crippen LogP contribution in [0.15, 0.2) is 17.3 Å². The predicted octanol–water partition coefficient (Wildman–Crippen LogP) is 0.452. The van der Waals surface area contributed by atoms with Gasteiger partial charge in [-0.25, -0.2) is 4.99 Å². The molecule has 0 radical (unpaired) electrons. The smallest absolute Gasteiger partial charge is 0.186 e. The van der Waals surface area contributed by atoms with Gasteiger partial charge in [-0.15, -0.1) is 0 Å². The average molecular weight is 187 g/mol. The summed E-state index contributed by atoms with van der Waals surface area (Å²) in [4.78, 5) is 3.86. The standard InChI is InChI=1S/C7H11ClN4/c1-12-4-5(8)2-6(12)3-11-7(9)10/h2,4H,3H2,1H3,(H4,9,10,11). The van der Waals surface area contributed by atoms with Gasteiger partial charge in [0.1, 0.15) is 0 Å². The Labute approximate surface area is 75.8 Å². The summed E-state index contributed by atoms with van der Waals surface area (Å²) in [6, 6.07) is 1.83. The van der Waals surface area contributed by atoms with Crippen LogP contribution in [0.25, 0.3) is 0 Å². The number of halogens is 1. The molecule has 1 heterocycles. The van der Waals surface area contributed by atoms with Crippen LogP contribution in [0.3, 0.4) is 0 Å². The van der Waals surface area contributed by atoms with Crippen LogP contribution in [-0.2, 0) is 13.6 Å². The summed E-state index contributed by atoms with van der Waals surface area (Å²) in [5.74, 6) is 0.0901. The van der Waals surface area contributed by atoms with Gasteiger partial charge in [0.15, 0.2) is 5.96 Å². The van der Waals surface area contributed by atoms with E-state index < -0.39 is 0 Å². The van der Waals surface area contributed by atoms with Crippen LogP contribution in [0, 0.1) is 0 Å². The molecule has 1 rings (SSSR count). The molecule has 66 valence electrons. The Kier molecular flexibility index (Phi) is 2.60. The van der Waals surface area contributed by atoms with E-state index in [1.807, 2.05) is 17.7 Å². The minimum absolute atomic E-state index is 0.0901. The lowest BCUT2D eigenvalue weighted by molar-refractivity contribution is 0.823. The van der Waals surface area contributed by atoms with Gasteiger partial charge in [0.05, 0.1) is 11.6 Å². The first-order valence-electron chi connectivity index (χ1n) is 3.45. The van der Waals surface area contributed by atoms with Gasteiger partial charge >= 0.3 is 0 Å². The van der Waals surface area contributed by atoms with E-state index in [-0.39, 0.29) is 5.96 Å². The molecule has 0 fully saturated rings. The number of hydrogen-bond donors (Lipinski definition) is 2. The monoisotopic (exact) mass is 186 g/mol. The molecule has 12 heavy (non-hydrogen) atoms. The number of rotatable bonds is 2. The third kappa shape index (κ3) is 2.17. The van der Waals surface area contributed by atoms with E-state index in [0.29, 0.717) is 11.6 Å². The fourth-order valence-corrected chi connectivity index (χ4v) is 1.17. The minimum atomic E-state index is 0.0901. The zero-order chi connectivity index (χ0) is 9.14. The zero-order valence-corrected chi connectivity index (χ0v) is 7.54. The van der Waals surface area contributed by atoms with Crippen LogP contribution in [0.2, 0.25) is 5.02 Å². The van der Waals surface area contributed by atoms with Crippen LogP contribution in [-0.4, -0.2) is 10.5 Å². The Morgan fingerprint density at radius 3 is 2.75 bits per heavy atom. The predicted molar refractivity (Wildman–Crippen MR) is 49.9 cm³/mol. The van der Waals surface area contributed by atoms with Gasteiger partial charge < -0.3 is 16.0 Å². The first-order valence-corrected chi connectivity index (χ1v) is 3.83. The number of aromatic nitrogens is 1. The molecule has 0 saturated carbocycles. The molecule has 0 bridgehead atoms. The van der Waals surface area contributed by atoms with Crippen molar-refractivity contribution < 1.29 is 0 Å². The highest BCUT2D eigenvalue weighted by Gasteiger charge is 1.99. The normalized spacial score (nSPS) is 9.83. The highest BCUT2D eigenvalue weighted by Crippen LogP contribution is 2.12. The van der Waals surface area contributed by atoms with E-state index in [4.69, 9.17) is 23.1 Å². The maximum atomic E-state index is 5.75. The second kappa shape index (κ2) is 3.49. The topological polar surface area (TPSA) is 69.3 Å². The number of aliphatic imine (C=N–C) groups is 1. The zero-order valence-electron chi connectivity index (χ0n) is 6.79. The van der Waals surface area contributed by atoms with Crippen molar-refractivity contribution in [1.29, 1.82) is 0 Å². The van der Waals surface area contributed by atoms with Crippen molar-refractivity contribution in [3.05, 3.63) is 23.0 Å². The van der Waals surface area contributed by atoms with E-state index in [1.54, 1.807) is 6.20 Å². The summed E-state index contributed by atoms with van der Waals surface area (Å²) in [7, 11) is 1.89. The molecule has 0 amide bonds. The van der Waals surface area contributed by atoms with E-state index >= 15 is 0 Å². The summed E-state index contributed by atoms with van der Waals surface area (Å²) in [5, 5.41) is 0.693. The molecule has 0 unspecified atom stereocenters. The summed E-state index contributed by atoms with van der Waals surface area (Å²) < 4.78 is 1.88. The van der Waals surface area contributed by atoms with Gasteiger partial charge in [-0.1, -0.05) is 11.6 Å². The minimum Gasteiger partial charge on any atom is -0.370 e. The Hall–Kier alpha value is -1.16. The molecule has 1 aromatic heterocycles. The molecule has 0 saturated heterocycles. The van der Waals surface area contributed by atoms with Crippen molar-refractivity contribution >= 4 is 17.6 Å². The summed E-state index contributed by atoms with van der Waals surface area (Å²) in [5.41, 5.74) is 11.3. The Balaban J connectivity index is 2.75. The number of hydrogen-bond acceptors (Lipinski definition) is 1. The van der Waals surface area contributed by atoms with Gasteiger partial charge in [0.2, 0.25) is 0 Å². The molecule has 0 spiro atoms. The number of guanidine groups is 1. The molecule has 5 heteroatoms. The van der Waals surface area contributed by atoms with E-state index in [2.05, 4.69) is 4.99 Å². The summed E-state index contributed by atoms with van der Waals surface area (Å²) in [6.07, 6.45) is 1.80. The molecule has 4 N–H and O–H groups in total. The lowest BCUT2D eigenvalue weighted by Crippen LogP contribution is -2.22. The maximum absolute atomic E-state index is 5.75. The number of nitrogens with zero attached hydrogens (tertiary/aromatic N) is 2. The highest BCUT2D eigenvalue weighted by atomic mass is 35.5. The van der Waals surface area contributed by atoms with Crippen LogP contribution >= 0.6 is 11.6 Å². The van der Waals surface area contributed by atoms with Crippen LogP contribution in [0.5, 0.6) is 0 Å². The quantitative estimate of drug-likeness (QED) is 0.520. The van der Waals surface area contributed by atoms with Crippen LogP contribution < -0.4 is 11.5 Å². The second-order valence-corrected chi connectivity index (χ2v) is 2.94. The van der Waals surface area contributed by atoms with Gasteiger partial charge in [0.25, 0.3) is 0 Å². The Morgan fingerprint density at radius 1 is 1.67 bits per heavy atom. The number of aryl methyl sites for hydroxylation is 1. The molecular formula is C7H11ClN4. The number of nitrogens with two attached hydrogens (primary N) is 2. The van der Waals surface area contributed by atoms with Crippen molar-refractivity contribution in [3.63, 3.8) is 0 Å². The Morgan fingerprint density at radius 2 is 2.33 bits per heavy atom. The van der Waals surface area contributed by atoms with Gasteiger partial charge in [-0.2, -0.15) is 0 Å². The fourth-order valence-electron chi connectivity index (χ4n) is 0.896. The third-order valence-corrected chi connectivity index (χ3v) is 1.70. The van der Waals surface area contributed by atoms with Crippen LogP contribution in [0.1, 0.15) is 5.69 Å². The van der Waals surface area contributed by atoms with Gasteiger partial charge in [0, 0.05) is 18.9 Å². The molecule has 0 aromatic carbocycles. The SMILES string of the molecule is Cn1cc(Cl)cc1CN=C(N)N. The van der Waals surface area contributed by atoms with E-state index in [9.17, 15) is 0 Å². The van der Waals surface area contributed by atoms with E-state index in [0.717, 1.165) is 5.69 Å². The highest BCUT2D eigenvalue weighted by molar-refractivity contribution is 6.30. The maximum Gasteiger partial charge on any atom is 0.186 e. The summed E-state index contributed by atoms with van der Waals surface area (Å²) in [6.45, 7) is 0.464. The molecule has 0 aliphatic rings. The average Bonchev–Trinajstić information content (AvgIpc) is 2.26. The van der Waals surface area contributed by atoms with Crippen molar-refractivity contribution in [2.24, 2.45) is 23.5 Å². The third-order valence-electron chi connectivity index (χ3n) is 1.50. The Bertz CT molecular complexity index is 298. The first kappa shape index (κ1) is 8.93. The summed E-state index contributed by atoms with van der Waals surface area (Å²) >= 11 is 5.75. The van der Waals surface area contributed by atoms with Gasteiger partial charge in [-0.05, 0) is 6.07 Å². The fraction of sp³-hybridized carbons (Fsp3) is 0.286. The molecule has 0 aliphatic heterocycles. The molecule has 0 atom stereocenters. The lowest BCUT2D eigenvalue weighted by atomic mass is 10.4. The molecule has 0 aliphatic carbocycles. The van der Waals surface area contributed by atoms with Crippen molar-refractivity contribution in [3.8, 4) is 0 Å². The molecule has 1 aromatic rings. The van der Waals surface area contributed by atoms with E-state index in [1.165, 1.54) is 0 Å². The lowest BCUT2D eigenvalue weighted by Gasteiger charge is -1.97. The second-order valence-electron chi connectivity index (χ2n) is 2.50. The van der Waals surface area contributed by atoms with Crippen molar-refractivity contribution in [2.45, 2.75) is 6.54 Å². The largest absolute Gasteiger partial charge is 0.370 e. The van der Waals surface area contributed by atoms with Gasteiger partial charge in [-0.3, -0.25) is 0 Å².